The Hall–Kier alpha value is -1.00. The monoisotopic (exact) mass is 267 g/mol. The smallest absolute Gasteiger partial charge is 0.123 e. The van der Waals surface area contributed by atoms with Crippen molar-refractivity contribution in [1.29, 1.82) is 0 Å². The molecule has 0 saturated carbocycles. The number of likely N-dealkylation sites (N-methyl/N-ethyl adjacent to an activating group) is 1. The van der Waals surface area contributed by atoms with E-state index in [0.717, 1.165) is 36.0 Å². The highest BCUT2D eigenvalue weighted by atomic mass is 32.2. The average molecular weight is 267 g/mol. The van der Waals surface area contributed by atoms with Gasteiger partial charge < -0.3 is 10.1 Å². The van der Waals surface area contributed by atoms with Crippen molar-refractivity contribution in [3.05, 3.63) is 41.9 Å². The van der Waals surface area contributed by atoms with Gasteiger partial charge >= 0.3 is 0 Å². The third kappa shape index (κ3) is 3.75. The maximum absolute atomic E-state index is 12.8. The second-order valence-electron chi connectivity index (χ2n) is 4.12. The Morgan fingerprint density at radius 3 is 2.78 bits per heavy atom. The molecule has 0 saturated heterocycles. The van der Waals surface area contributed by atoms with Crippen LogP contribution in [-0.2, 0) is 4.74 Å². The molecule has 1 unspecified atom stereocenters. The molecule has 2 nitrogen and oxygen atoms in total. The highest BCUT2D eigenvalue weighted by Gasteiger charge is 2.17. The summed E-state index contributed by atoms with van der Waals surface area (Å²) < 4.78 is 18.4. The van der Waals surface area contributed by atoms with E-state index < -0.39 is 0 Å². The van der Waals surface area contributed by atoms with E-state index in [1.54, 1.807) is 11.8 Å². The summed E-state index contributed by atoms with van der Waals surface area (Å²) in [5.74, 6) is 1.75. The Bertz CT molecular complexity index is 405. The molecule has 0 spiro atoms. The molecule has 4 heteroatoms. The largest absolute Gasteiger partial charge is 0.496 e. The number of halogens is 1. The van der Waals surface area contributed by atoms with Gasteiger partial charge in [0, 0.05) is 17.1 Å². The molecular formula is C14H18FNOS. The number of ether oxygens (including phenoxy) is 1. The Morgan fingerprint density at radius 1 is 1.39 bits per heavy atom. The average Bonchev–Trinajstić information content (AvgIpc) is 2.90. The number of rotatable bonds is 6. The molecule has 98 valence electrons. The molecule has 1 N–H and O–H groups in total. The first-order valence-electron chi connectivity index (χ1n) is 6.24. The molecule has 0 aliphatic carbocycles. The zero-order valence-electron chi connectivity index (χ0n) is 10.5. The topological polar surface area (TPSA) is 21.3 Å². The van der Waals surface area contributed by atoms with Crippen molar-refractivity contribution in [1.82, 2.24) is 5.32 Å². The van der Waals surface area contributed by atoms with E-state index in [1.807, 2.05) is 12.1 Å². The lowest BCUT2D eigenvalue weighted by Crippen LogP contribution is -2.33. The Morgan fingerprint density at radius 2 is 2.17 bits per heavy atom. The van der Waals surface area contributed by atoms with Gasteiger partial charge in [-0.3, -0.25) is 0 Å². The van der Waals surface area contributed by atoms with Gasteiger partial charge in [-0.05, 0) is 36.9 Å². The summed E-state index contributed by atoms with van der Waals surface area (Å²) in [6, 6.07) is 6.86. The Kier molecular flexibility index (Phi) is 5.08. The van der Waals surface area contributed by atoms with Crippen molar-refractivity contribution in [3.63, 3.8) is 0 Å². The van der Waals surface area contributed by atoms with Gasteiger partial charge in [0.25, 0.3) is 0 Å². The minimum Gasteiger partial charge on any atom is -0.496 e. The Balaban J connectivity index is 1.90. The van der Waals surface area contributed by atoms with Crippen molar-refractivity contribution < 1.29 is 9.13 Å². The summed E-state index contributed by atoms with van der Waals surface area (Å²) in [4.78, 5) is 1.08. The van der Waals surface area contributed by atoms with E-state index in [1.165, 1.54) is 12.1 Å². The predicted molar refractivity (Wildman–Crippen MR) is 73.2 cm³/mol. The van der Waals surface area contributed by atoms with Crippen LogP contribution < -0.4 is 5.32 Å². The summed E-state index contributed by atoms with van der Waals surface area (Å²) in [5, 5.41) is 3.42. The first-order chi connectivity index (χ1) is 8.79. The van der Waals surface area contributed by atoms with Crippen LogP contribution in [0.1, 0.15) is 13.3 Å². The summed E-state index contributed by atoms with van der Waals surface area (Å²) in [6.07, 6.45) is 3.15. The molecule has 1 aliphatic rings. The van der Waals surface area contributed by atoms with Crippen molar-refractivity contribution in [2.75, 3.05) is 18.9 Å². The molecular weight excluding hydrogens is 249 g/mol. The SMILES string of the molecule is CCNC(CSc1ccc(F)cc1)C1=CCCO1. The van der Waals surface area contributed by atoms with E-state index in [4.69, 9.17) is 4.74 Å². The van der Waals surface area contributed by atoms with Crippen LogP contribution in [0.3, 0.4) is 0 Å². The highest BCUT2D eigenvalue weighted by Crippen LogP contribution is 2.23. The van der Waals surface area contributed by atoms with Crippen LogP contribution in [0.25, 0.3) is 0 Å². The van der Waals surface area contributed by atoms with Gasteiger partial charge in [-0.1, -0.05) is 6.92 Å². The van der Waals surface area contributed by atoms with Crippen LogP contribution in [0.5, 0.6) is 0 Å². The van der Waals surface area contributed by atoms with Gasteiger partial charge in [0.05, 0.1) is 12.6 Å². The molecule has 0 aromatic heterocycles. The van der Waals surface area contributed by atoms with Crippen LogP contribution in [-0.4, -0.2) is 24.9 Å². The number of nitrogens with one attached hydrogen (secondary N) is 1. The fourth-order valence-corrected chi connectivity index (χ4v) is 2.85. The van der Waals surface area contributed by atoms with Gasteiger partial charge in [-0.2, -0.15) is 0 Å². The highest BCUT2D eigenvalue weighted by molar-refractivity contribution is 7.99. The minimum absolute atomic E-state index is 0.190. The van der Waals surface area contributed by atoms with Crippen molar-refractivity contribution in [2.45, 2.75) is 24.3 Å². The van der Waals surface area contributed by atoms with Gasteiger partial charge in [0.1, 0.15) is 11.6 Å². The van der Waals surface area contributed by atoms with Gasteiger partial charge in [0.2, 0.25) is 0 Å². The summed E-state index contributed by atoms with van der Waals surface area (Å²) in [6.45, 7) is 3.79. The van der Waals surface area contributed by atoms with Crippen molar-refractivity contribution >= 4 is 11.8 Å². The fourth-order valence-electron chi connectivity index (χ4n) is 1.88. The van der Waals surface area contributed by atoms with Crippen LogP contribution >= 0.6 is 11.8 Å². The van der Waals surface area contributed by atoms with E-state index in [-0.39, 0.29) is 11.9 Å². The summed E-state index contributed by atoms with van der Waals surface area (Å²) in [7, 11) is 0. The molecule has 1 heterocycles. The predicted octanol–water partition coefficient (Wildman–Crippen LogP) is 3.20. The fraction of sp³-hybridized carbons (Fsp3) is 0.429. The molecule has 0 radical (unpaired) electrons. The molecule has 0 fully saturated rings. The Labute approximate surface area is 112 Å². The van der Waals surface area contributed by atoms with Crippen LogP contribution in [0.15, 0.2) is 41.0 Å². The normalized spacial score (nSPS) is 16.2. The zero-order valence-corrected chi connectivity index (χ0v) is 11.3. The first-order valence-corrected chi connectivity index (χ1v) is 7.22. The first kappa shape index (κ1) is 13.4. The second-order valence-corrected chi connectivity index (χ2v) is 5.21. The number of thioether (sulfide) groups is 1. The number of hydrogen-bond donors (Lipinski definition) is 1. The van der Waals surface area contributed by atoms with Crippen LogP contribution in [0, 0.1) is 5.82 Å². The number of benzene rings is 1. The molecule has 1 aromatic rings. The van der Waals surface area contributed by atoms with Gasteiger partial charge in [0.15, 0.2) is 0 Å². The lowest BCUT2D eigenvalue weighted by molar-refractivity contribution is 0.220. The molecule has 0 amide bonds. The molecule has 0 bridgehead atoms. The lowest BCUT2D eigenvalue weighted by Gasteiger charge is -2.18. The summed E-state index contributed by atoms with van der Waals surface area (Å²) in [5.41, 5.74) is 0. The van der Waals surface area contributed by atoms with E-state index in [9.17, 15) is 4.39 Å². The van der Waals surface area contributed by atoms with Crippen molar-refractivity contribution in [2.24, 2.45) is 0 Å². The maximum Gasteiger partial charge on any atom is 0.123 e. The standard InChI is InChI=1S/C14H18FNOS/c1-2-16-13(14-4-3-9-17-14)10-18-12-7-5-11(15)6-8-12/h4-8,13,16H,2-3,9-10H2,1H3. The molecule has 1 aromatic carbocycles. The second kappa shape index (κ2) is 6.81. The van der Waals surface area contributed by atoms with Crippen LogP contribution in [0.2, 0.25) is 0 Å². The zero-order chi connectivity index (χ0) is 12.8. The van der Waals surface area contributed by atoms with E-state index >= 15 is 0 Å². The molecule has 1 aliphatic heterocycles. The van der Waals surface area contributed by atoms with Crippen LogP contribution in [0.4, 0.5) is 4.39 Å². The maximum atomic E-state index is 12.8. The third-order valence-electron chi connectivity index (χ3n) is 2.76. The quantitative estimate of drug-likeness (QED) is 0.800. The van der Waals surface area contributed by atoms with E-state index in [2.05, 4.69) is 18.3 Å². The minimum atomic E-state index is -0.190. The van der Waals surface area contributed by atoms with Gasteiger partial charge in [-0.15, -0.1) is 11.8 Å². The lowest BCUT2D eigenvalue weighted by atomic mass is 10.2. The number of hydrogen-bond acceptors (Lipinski definition) is 3. The molecule has 18 heavy (non-hydrogen) atoms. The molecule has 1 atom stereocenters. The van der Waals surface area contributed by atoms with Gasteiger partial charge in [-0.25, -0.2) is 4.39 Å². The third-order valence-corrected chi connectivity index (χ3v) is 3.86. The molecule has 2 rings (SSSR count). The van der Waals surface area contributed by atoms with Crippen molar-refractivity contribution in [3.8, 4) is 0 Å². The summed E-state index contributed by atoms with van der Waals surface area (Å²) >= 11 is 1.71. The van der Waals surface area contributed by atoms with E-state index in [0.29, 0.717) is 0 Å².